The van der Waals surface area contributed by atoms with Gasteiger partial charge in [0.25, 0.3) is 5.91 Å². The van der Waals surface area contributed by atoms with Gasteiger partial charge in [0.05, 0.1) is 0 Å². The Hall–Kier alpha value is -1.85. The second-order valence-electron chi connectivity index (χ2n) is 7.62. The van der Waals surface area contributed by atoms with Crippen LogP contribution in [0.1, 0.15) is 52.9 Å². The van der Waals surface area contributed by atoms with Gasteiger partial charge in [0.2, 0.25) is 5.91 Å². The van der Waals surface area contributed by atoms with Crippen LogP contribution in [-0.2, 0) is 14.4 Å². The fraction of sp³-hybridized carbons (Fsp3) is 0.722. The Morgan fingerprint density at radius 2 is 1.79 bits per heavy atom. The van der Waals surface area contributed by atoms with Crippen molar-refractivity contribution in [2.45, 2.75) is 58.9 Å². The number of allylic oxidation sites excluding steroid dienone is 1. The van der Waals surface area contributed by atoms with Crippen molar-refractivity contribution in [2.24, 2.45) is 17.1 Å². The van der Waals surface area contributed by atoms with Gasteiger partial charge in [0.15, 0.2) is 5.78 Å². The molecule has 24 heavy (non-hydrogen) atoms. The molecule has 3 N–H and O–H groups in total. The molecule has 1 spiro atoms. The Balaban J connectivity index is 2.03. The SMILES string of the molecule is CC(=O)/C=C(\N)C(=O)NC(C(=O)N1CCC2(CCCC2)C1)C(C)C. The van der Waals surface area contributed by atoms with Crippen molar-refractivity contribution in [1.82, 2.24) is 10.2 Å². The van der Waals surface area contributed by atoms with Crippen LogP contribution in [0.15, 0.2) is 11.8 Å². The number of carbonyl (C=O) groups excluding carboxylic acids is 3. The maximum atomic E-state index is 12.9. The molecule has 1 aliphatic carbocycles. The molecule has 2 fully saturated rings. The van der Waals surface area contributed by atoms with E-state index in [0.29, 0.717) is 5.41 Å². The van der Waals surface area contributed by atoms with Crippen LogP contribution in [-0.4, -0.2) is 41.6 Å². The summed E-state index contributed by atoms with van der Waals surface area (Å²) in [5, 5.41) is 2.70. The largest absolute Gasteiger partial charge is 0.394 e. The monoisotopic (exact) mass is 335 g/mol. The molecule has 0 aromatic rings. The van der Waals surface area contributed by atoms with Crippen LogP contribution in [0.4, 0.5) is 0 Å². The number of carbonyl (C=O) groups is 3. The molecule has 1 saturated heterocycles. The summed E-state index contributed by atoms with van der Waals surface area (Å²) in [6.45, 7) is 6.68. The van der Waals surface area contributed by atoms with Crippen molar-refractivity contribution >= 4 is 17.6 Å². The van der Waals surface area contributed by atoms with E-state index in [2.05, 4.69) is 5.32 Å². The fourth-order valence-electron chi connectivity index (χ4n) is 3.88. The third-order valence-electron chi connectivity index (χ3n) is 5.25. The van der Waals surface area contributed by atoms with Gasteiger partial charge in [-0.25, -0.2) is 0 Å². The molecule has 0 aromatic carbocycles. The van der Waals surface area contributed by atoms with Gasteiger partial charge in [0, 0.05) is 19.2 Å². The second kappa shape index (κ2) is 7.36. The topological polar surface area (TPSA) is 92.5 Å². The third-order valence-corrected chi connectivity index (χ3v) is 5.25. The van der Waals surface area contributed by atoms with E-state index in [1.165, 1.54) is 32.6 Å². The van der Waals surface area contributed by atoms with Crippen molar-refractivity contribution in [2.75, 3.05) is 13.1 Å². The predicted molar refractivity (Wildman–Crippen MR) is 91.8 cm³/mol. The van der Waals surface area contributed by atoms with Crippen LogP contribution in [0.2, 0.25) is 0 Å². The van der Waals surface area contributed by atoms with Crippen molar-refractivity contribution in [1.29, 1.82) is 0 Å². The summed E-state index contributed by atoms with van der Waals surface area (Å²) in [5.74, 6) is -0.950. The van der Waals surface area contributed by atoms with Crippen LogP contribution < -0.4 is 11.1 Å². The molecule has 2 aliphatic rings. The van der Waals surface area contributed by atoms with Gasteiger partial charge in [0.1, 0.15) is 11.7 Å². The molecule has 2 rings (SSSR count). The molecular weight excluding hydrogens is 306 g/mol. The normalized spacial score (nSPS) is 21.3. The fourth-order valence-corrected chi connectivity index (χ4v) is 3.88. The lowest BCUT2D eigenvalue weighted by atomic mass is 9.86. The molecule has 0 aromatic heterocycles. The van der Waals surface area contributed by atoms with E-state index < -0.39 is 11.9 Å². The highest BCUT2D eigenvalue weighted by atomic mass is 16.2. The van der Waals surface area contributed by atoms with E-state index in [4.69, 9.17) is 5.73 Å². The van der Waals surface area contributed by atoms with Crippen LogP contribution in [0.5, 0.6) is 0 Å². The Morgan fingerprint density at radius 3 is 2.33 bits per heavy atom. The van der Waals surface area contributed by atoms with Gasteiger partial charge < -0.3 is 16.0 Å². The van der Waals surface area contributed by atoms with Gasteiger partial charge in [-0.3, -0.25) is 14.4 Å². The maximum Gasteiger partial charge on any atom is 0.267 e. The van der Waals surface area contributed by atoms with Crippen molar-refractivity contribution in [3.63, 3.8) is 0 Å². The zero-order valence-electron chi connectivity index (χ0n) is 14.9. The Kier molecular flexibility index (Phi) is 5.67. The van der Waals surface area contributed by atoms with Crippen LogP contribution in [0.3, 0.4) is 0 Å². The average molecular weight is 335 g/mol. The molecule has 1 atom stereocenters. The van der Waals surface area contributed by atoms with E-state index in [9.17, 15) is 14.4 Å². The number of ketones is 1. The molecule has 1 heterocycles. The Labute approximate surface area is 143 Å². The lowest BCUT2D eigenvalue weighted by Gasteiger charge is -2.29. The smallest absolute Gasteiger partial charge is 0.267 e. The average Bonchev–Trinajstić information content (AvgIpc) is 3.13. The minimum Gasteiger partial charge on any atom is -0.394 e. The number of hydrogen-bond acceptors (Lipinski definition) is 4. The van der Waals surface area contributed by atoms with Gasteiger partial charge in [-0.05, 0) is 37.5 Å². The van der Waals surface area contributed by atoms with Crippen molar-refractivity contribution in [3.8, 4) is 0 Å². The highest BCUT2D eigenvalue weighted by molar-refractivity contribution is 6.01. The number of amides is 2. The minimum atomic E-state index is -0.618. The van der Waals surface area contributed by atoms with Crippen molar-refractivity contribution < 1.29 is 14.4 Å². The van der Waals surface area contributed by atoms with E-state index in [-0.39, 0.29) is 23.3 Å². The lowest BCUT2D eigenvalue weighted by molar-refractivity contribution is -0.136. The number of nitrogens with two attached hydrogens (primary N) is 1. The lowest BCUT2D eigenvalue weighted by Crippen LogP contribution is -2.51. The molecule has 0 bridgehead atoms. The van der Waals surface area contributed by atoms with Crippen LogP contribution >= 0.6 is 0 Å². The Bertz CT molecular complexity index is 548. The van der Waals surface area contributed by atoms with Gasteiger partial charge in [-0.15, -0.1) is 0 Å². The van der Waals surface area contributed by atoms with E-state index in [1.807, 2.05) is 18.7 Å². The summed E-state index contributed by atoms with van der Waals surface area (Å²) < 4.78 is 0. The molecule has 6 nitrogen and oxygen atoms in total. The van der Waals surface area contributed by atoms with E-state index >= 15 is 0 Å². The molecule has 6 heteroatoms. The van der Waals surface area contributed by atoms with Crippen LogP contribution in [0, 0.1) is 11.3 Å². The molecule has 0 radical (unpaired) electrons. The van der Waals surface area contributed by atoms with E-state index in [0.717, 1.165) is 25.6 Å². The zero-order chi connectivity index (χ0) is 17.9. The molecule has 1 saturated carbocycles. The minimum absolute atomic E-state index is 0.0437. The first-order valence-electron chi connectivity index (χ1n) is 8.81. The van der Waals surface area contributed by atoms with Gasteiger partial charge in [-0.1, -0.05) is 26.7 Å². The number of nitrogens with one attached hydrogen (secondary N) is 1. The van der Waals surface area contributed by atoms with E-state index in [1.54, 1.807) is 0 Å². The van der Waals surface area contributed by atoms with Gasteiger partial charge in [-0.2, -0.15) is 0 Å². The first-order valence-corrected chi connectivity index (χ1v) is 8.81. The third kappa shape index (κ3) is 4.16. The number of rotatable bonds is 5. The molecule has 1 unspecified atom stereocenters. The number of likely N-dealkylation sites (tertiary alicyclic amines) is 1. The van der Waals surface area contributed by atoms with Crippen molar-refractivity contribution in [3.05, 3.63) is 11.8 Å². The summed E-state index contributed by atoms with van der Waals surface area (Å²) in [4.78, 5) is 38.0. The summed E-state index contributed by atoms with van der Waals surface area (Å²) in [5.41, 5.74) is 5.76. The summed E-state index contributed by atoms with van der Waals surface area (Å²) in [6.07, 6.45) is 7.04. The quantitative estimate of drug-likeness (QED) is 0.742. The summed E-state index contributed by atoms with van der Waals surface area (Å²) >= 11 is 0. The maximum absolute atomic E-state index is 12.9. The molecular formula is C18H29N3O3. The molecule has 2 amide bonds. The first kappa shape index (κ1) is 18.5. The standard InChI is InChI=1S/C18H29N3O3/c1-12(2)15(20-16(23)14(19)10-13(3)22)17(24)21-9-8-18(11-21)6-4-5-7-18/h10,12,15H,4-9,11,19H2,1-3H3,(H,20,23)/b14-10-. The predicted octanol–water partition coefficient (Wildman–Crippen LogP) is 1.35. The number of hydrogen-bond donors (Lipinski definition) is 2. The first-order chi connectivity index (χ1) is 11.2. The Morgan fingerprint density at radius 1 is 1.17 bits per heavy atom. The molecule has 1 aliphatic heterocycles. The second-order valence-corrected chi connectivity index (χ2v) is 7.62. The highest BCUT2D eigenvalue weighted by Crippen LogP contribution is 2.45. The van der Waals surface area contributed by atoms with Gasteiger partial charge >= 0.3 is 0 Å². The summed E-state index contributed by atoms with van der Waals surface area (Å²) in [6, 6.07) is -0.618. The zero-order valence-corrected chi connectivity index (χ0v) is 14.9. The number of nitrogens with zero attached hydrogens (tertiary/aromatic N) is 1. The molecule has 134 valence electrons. The van der Waals surface area contributed by atoms with Crippen LogP contribution in [0.25, 0.3) is 0 Å². The summed E-state index contributed by atoms with van der Waals surface area (Å²) in [7, 11) is 0. The highest BCUT2D eigenvalue weighted by Gasteiger charge is 2.43.